The number of ether oxygens (including phenoxy) is 1. The average Bonchev–Trinajstić information content (AvgIpc) is 2.33. The minimum absolute atomic E-state index is 0.185. The molecule has 0 aliphatic carbocycles. The maximum Gasteiger partial charge on any atom is 0.0475 e. The van der Waals surface area contributed by atoms with Crippen molar-refractivity contribution in [1.82, 2.24) is 5.32 Å². The van der Waals surface area contributed by atoms with Crippen LogP contribution < -0.4 is 5.32 Å². The van der Waals surface area contributed by atoms with E-state index in [1.54, 1.807) is 0 Å². The second-order valence-corrected chi connectivity index (χ2v) is 5.49. The van der Waals surface area contributed by atoms with E-state index in [0.29, 0.717) is 0 Å². The summed E-state index contributed by atoms with van der Waals surface area (Å²) in [5.74, 6) is 0. The Labute approximate surface area is 115 Å². The molecule has 3 heteroatoms. The van der Waals surface area contributed by atoms with E-state index in [0.717, 1.165) is 44.2 Å². The Morgan fingerprint density at radius 2 is 2.06 bits per heavy atom. The lowest BCUT2D eigenvalue weighted by Crippen LogP contribution is -2.57. The zero-order valence-electron chi connectivity index (χ0n) is 11.0. The van der Waals surface area contributed by atoms with E-state index in [9.17, 15) is 0 Å². The third-order valence-electron chi connectivity index (χ3n) is 3.74. The first-order valence-electron chi connectivity index (χ1n) is 6.82. The fourth-order valence-corrected chi connectivity index (χ4v) is 2.77. The number of benzene rings is 1. The second-order valence-electron chi connectivity index (χ2n) is 5.08. The summed E-state index contributed by atoms with van der Waals surface area (Å²) in [5, 5.41) is 4.25. The van der Waals surface area contributed by atoms with Crippen LogP contribution in [0.25, 0.3) is 0 Å². The Kier molecular flexibility index (Phi) is 5.04. The Morgan fingerprint density at radius 1 is 1.28 bits per heavy atom. The van der Waals surface area contributed by atoms with Crippen LogP contribution in [0.5, 0.6) is 0 Å². The zero-order valence-corrected chi connectivity index (χ0v) is 11.8. The van der Waals surface area contributed by atoms with Gasteiger partial charge in [-0.1, -0.05) is 43.1 Å². The van der Waals surface area contributed by atoms with Crippen LogP contribution in [-0.2, 0) is 10.2 Å². The van der Waals surface area contributed by atoms with Crippen molar-refractivity contribution < 1.29 is 4.74 Å². The molecule has 1 fully saturated rings. The lowest BCUT2D eigenvalue weighted by Gasteiger charge is -2.43. The third-order valence-corrected chi connectivity index (χ3v) is 4.07. The van der Waals surface area contributed by atoms with Crippen molar-refractivity contribution in [1.29, 1.82) is 0 Å². The lowest BCUT2D eigenvalue weighted by atomic mass is 9.73. The molecule has 100 valence electrons. The second kappa shape index (κ2) is 6.55. The third kappa shape index (κ3) is 3.05. The summed E-state index contributed by atoms with van der Waals surface area (Å²) in [7, 11) is 0. The Bertz CT molecular complexity index is 377. The van der Waals surface area contributed by atoms with Gasteiger partial charge in [0.1, 0.15) is 0 Å². The van der Waals surface area contributed by atoms with Crippen LogP contribution in [0.4, 0.5) is 0 Å². The van der Waals surface area contributed by atoms with Gasteiger partial charge in [-0.25, -0.2) is 0 Å². The number of hydrogen-bond acceptors (Lipinski definition) is 2. The molecule has 1 aliphatic rings. The number of rotatable bonds is 7. The molecule has 0 spiro atoms. The number of nitrogens with one attached hydrogen (secondary N) is 1. The molecule has 1 saturated heterocycles. The summed E-state index contributed by atoms with van der Waals surface area (Å²) in [4.78, 5) is 0. The van der Waals surface area contributed by atoms with Crippen molar-refractivity contribution in [3.8, 4) is 0 Å². The van der Waals surface area contributed by atoms with Crippen molar-refractivity contribution in [2.24, 2.45) is 0 Å². The molecular weight excluding hydrogens is 246 g/mol. The summed E-state index contributed by atoms with van der Waals surface area (Å²) in [6, 6.07) is 8.19. The minimum atomic E-state index is 0.185. The van der Waals surface area contributed by atoms with Gasteiger partial charge in [0.15, 0.2) is 0 Å². The standard InChI is InChI=1S/C15H22ClNO/c1-2-3-9-18-10-8-15(11-17-12-15)13-6-4-5-7-14(13)16/h4-7,17H,2-3,8-12H2,1H3. The quantitative estimate of drug-likeness (QED) is 0.765. The minimum Gasteiger partial charge on any atom is -0.381 e. The van der Waals surface area contributed by atoms with Gasteiger partial charge in [0.25, 0.3) is 0 Å². The molecule has 0 radical (unpaired) electrons. The molecule has 2 nitrogen and oxygen atoms in total. The molecular formula is C15H22ClNO. The maximum atomic E-state index is 6.32. The molecule has 0 amide bonds. The van der Waals surface area contributed by atoms with Gasteiger partial charge >= 0.3 is 0 Å². The molecule has 1 aliphatic heterocycles. The van der Waals surface area contributed by atoms with E-state index in [1.165, 1.54) is 12.0 Å². The summed E-state index contributed by atoms with van der Waals surface area (Å²) >= 11 is 6.32. The molecule has 18 heavy (non-hydrogen) atoms. The average molecular weight is 268 g/mol. The fraction of sp³-hybridized carbons (Fsp3) is 0.600. The van der Waals surface area contributed by atoms with E-state index >= 15 is 0 Å². The van der Waals surface area contributed by atoms with Gasteiger partial charge in [-0.15, -0.1) is 0 Å². The van der Waals surface area contributed by atoms with Crippen LogP contribution >= 0.6 is 11.6 Å². The van der Waals surface area contributed by atoms with Crippen molar-refractivity contribution in [2.45, 2.75) is 31.6 Å². The monoisotopic (exact) mass is 267 g/mol. The van der Waals surface area contributed by atoms with Gasteiger partial charge in [0.2, 0.25) is 0 Å². The van der Waals surface area contributed by atoms with Crippen LogP contribution in [0.3, 0.4) is 0 Å². The normalized spacial score (nSPS) is 17.4. The molecule has 1 aromatic rings. The van der Waals surface area contributed by atoms with Crippen molar-refractivity contribution in [3.05, 3.63) is 34.9 Å². The van der Waals surface area contributed by atoms with Crippen LogP contribution in [0.15, 0.2) is 24.3 Å². The van der Waals surface area contributed by atoms with Crippen LogP contribution in [0.1, 0.15) is 31.7 Å². The van der Waals surface area contributed by atoms with Crippen molar-refractivity contribution in [3.63, 3.8) is 0 Å². The van der Waals surface area contributed by atoms with Gasteiger partial charge in [0, 0.05) is 36.7 Å². The van der Waals surface area contributed by atoms with Crippen LogP contribution in [0, 0.1) is 0 Å². The Balaban J connectivity index is 1.92. The van der Waals surface area contributed by atoms with E-state index in [4.69, 9.17) is 16.3 Å². The molecule has 1 aromatic carbocycles. The summed E-state index contributed by atoms with van der Waals surface area (Å²) < 4.78 is 5.70. The highest BCUT2D eigenvalue weighted by Gasteiger charge is 2.39. The summed E-state index contributed by atoms with van der Waals surface area (Å²) in [6.45, 7) is 5.90. The number of hydrogen-bond donors (Lipinski definition) is 1. The largest absolute Gasteiger partial charge is 0.381 e. The SMILES string of the molecule is CCCCOCCC1(c2ccccc2Cl)CNC1. The van der Waals surface area contributed by atoms with Gasteiger partial charge in [-0.3, -0.25) is 0 Å². The molecule has 0 atom stereocenters. The Morgan fingerprint density at radius 3 is 2.67 bits per heavy atom. The van der Waals surface area contributed by atoms with Crippen molar-refractivity contribution >= 4 is 11.6 Å². The van der Waals surface area contributed by atoms with Gasteiger partial charge < -0.3 is 10.1 Å². The van der Waals surface area contributed by atoms with E-state index in [2.05, 4.69) is 24.4 Å². The summed E-state index contributed by atoms with van der Waals surface area (Å²) in [5.41, 5.74) is 1.45. The lowest BCUT2D eigenvalue weighted by molar-refractivity contribution is 0.0973. The molecule has 0 bridgehead atoms. The maximum absolute atomic E-state index is 6.32. The van der Waals surface area contributed by atoms with E-state index in [-0.39, 0.29) is 5.41 Å². The first-order chi connectivity index (χ1) is 8.78. The highest BCUT2D eigenvalue weighted by atomic mass is 35.5. The number of halogens is 1. The first-order valence-corrected chi connectivity index (χ1v) is 7.20. The fourth-order valence-electron chi connectivity index (χ4n) is 2.44. The van der Waals surface area contributed by atoms with Gasteiger partial charge in [-0.05, 0) is 24.5 Å². The molecule has 0 aromatic heterocycles. The van der Waals surface area contributed by atoms with E-state index < -0.39 is 0 Å². The highest BCUT2D eigenvalue weighted by Crippen LogP contribution is 2.36. The first kappa shape index (κ1) is 13.9. The van der Waals surface area contributed by atoms with Gasteiger partial charge in [0.05, 0.1) is 0 Å². The zero-order chi connectivity index (χ0) is 12.8. The molecule has 1 heterocycles. The molecule has 1 N–H and O–H groups in total. The van der Waals surface area contributed by atoms with Crippen LogP contribution in [0.2, 0.25) is 5.02 Å². The highest BCUT2D eigenvalue weighted by molar-refractivity contribution is 6.31. The molecule has 0 saturated carbocycles. The predicted molar refractivity (Wildman–Crippen MR) is 76.3 cm³/mol. The van der Waals surface area contributed by atoms with Crippen LogP contribution in [-0.4, -0.2) is 26.3 Å². The van der Waals surface area contributed by atoms with Crippen molar-refractivity contribution in [2.75, 3.05) is 26.3 Å². The van der Waals surface area contributed by atoms with Gasteiger partial charge in [-0.2, -0.15) is 0 Å². The van der Waals surface area contributed by atoms with E-state index in [1.807, 2.05) is 12.1 Å². The molecule has 2 rings (SSSR count). The topological polar surface area (TPSA) is 21.3 Å². The molecule has 0 unspecified atom stereocenters. The summed E-state index contributed by atoms with van der Waals surface area (Å²) in [6.07, 6.45) is 3.39. The number of unbranched alkanes of at least 4 members (excludes halogenated alkanes) is 1. The smallest absolute Gasteiger partial charge is 0.0475 e. The predicted octanol–water partition coefficient (Wildman–Crippen LogP) is 3.39. The Hall–Kier alpha value is -0.570.